The van der Waals surface area contributed by atoms with E-state index in [1.165, 1.54) is 10.2 Å². The molecule has 1 N–H and O–H groups in total. The van der Waals surface area contributed by atoms with Crippen molar-refractivity contribution in [2.24, 2.45) is 0 Å². The number of pyridine rings is 1. The molecular weight excluding hydrogens is 464 g/mol. The summed E-state index contributed by atoms with van der Waals surface area (Å²) in [4.78, 5) is 31.6. The van der Waals surface area contributed by atoms with E-state index in [-0.39, 0.29) is 18.1 Å². The van der Waals surface area contributed by atoms with Crippen molar-refractivity contribution in [3.8, 4) is 0 Å². The summed E-state index contributed by atoms with van der Waals surface area (Å²) >= 11 is 1.66. The van der Waals surface area contributed by atoms with E-state index in [1.807, 2.05) is 37.4 Å². The van der Waals surface area contributed by atoms with Crippen LogP contribution in [0.4, 0.5) is 0 Å². The van der Waals surface area contributed by atoms with Gasteiger partial charge in [0.05, 0.1) is 12.6 Å². The molecule has 0 fully saturated rings. The van der Waals surface area contributed by atoms with Gasteiger partial charge in [0, 0.05) is 29.0 Å². The second-order valence-corrected chi connectivity index (χ2v) is 9.59. The first-order chi connectivity index (χ1) is 16.9. The molecule has 4 aromatic rings. The number of fused-ring (bicyclic) bond motifs is 1. The molecule has 0 aliphatic carbocycles. The second-order valence-electron chi connectivity index (χ2n) is 8.56. The van der Waals surface area contributed by atoms with Crippen LogP contribution < -0.4 is 5.56 Å². The topological polar surface area (TPSA) is 106 Å². The Kier molecular flexibility index (Phi) is 7.72. The van der Waals surface area contributed by atoms with Crippen LogP contribution in [0.1, 0.15) is 53.7 Å². The molecule has 0 saturated carbocycles. The van der Waals surface area contributed by atoms with Gasteiger partial charge in [-0.2, -0.15) is 0 Å². The van der Waals surface area contributed by atoms with Crippen LogP contribution >= 0.6 is 11.3 Å². The zero-order valence-corrected chi connectivity index (χ0v) is 21.3. The molecule has 3 heterocycles. The molecule has 0 amide bonds. The van der Waals surface area contributed by atoms with E-state index in [2.05, 4.69) is 44.5 Å². The molecule has 10 heteroatoms. The maximum atomic E-state index is 13.1. The highest BCUT2D eigenvalue weighted by molar-refractivity contribution is 7.09. The van der Waals surface area contributed by atoms with E-state index >= 15 is 0 Å². The van der Waals surface area contributed by atoms with Crippen LogP contribution in [0, 0.1) is 13.8 Å². The van der Waals surface area contributed by atoms with E-state index in [1.54, 1.807) is 18.3 Å². The summed E-state index contributed by atoms with van der Waals surface area (Å²) in [5.74, 6) is 0.179. The molecule has 1 aromatic carbocycles. The highest BCUT2D eigenvalue weighted by Gasteiger charge is 2.27. The van der Waals surface area contributed by atoms with E-state index in [9.17, 15) is 9.59 Å². The van der Waals surface area contributed by atoms with Crippen molar-refractivity contribution >= 4 is 28.2 Å². The molecule has 184 valence electrons. The number of hydrogen-bond donors (Lipinski definition) is 1. The fourth-order valence-electron chi connectivity index (χ4n) is 4.23. The van der Waals surface area contributed by atoms with E-state index in [0.29, 0.717) is 37.5 Å². The third-order valence-electron chi connectivity index (χ3n) is 6.12. The normalized spacial score (nSPS) is 12.4. The quantitative estimate of drug-likeness (QED) is 0.333. The number of nitrogens with one attached hydrogen (secondary N) is 1. The fraction of sp³-hybridized carbons (Fsp3) is 0.400. The van der Waals surface area contributed by atoms with Gasteiger partial charge in [0.1, 0.15) is 6.54 Å². The number of aryl methyl sites for hydroxylation is 2. The summed E-state index contributed by atoms with van der Waals surface area (Å²) in [5, 5.41) is 15.2. The lowest BCUT2D eigenvalue weighted by Crippen LogP contribution is -2.32. The first kappa shape index (κ1) is 24.7. The van der Waals surface area contributed by atoms with Gasteiger partial charge >= 0.3 is 5.97 Å². The van der Waals surface area contributed by atoms with Gasteiger partial charge < -0.3 is 9.72 Å². The number of esters is 1. The number of rotatable bonds is 10. The molecule has 3 aromatic heterocycles. The minimum absolute atomic E-state index is 0.0608. The first-order valence-corrected chi connectivity index (χ1v) is 12.6. The van der Waals surface area contributed by atoms with Crippen molar-refractivity contribution in [2.75, 3.05) is 6.61 Å². The smallest absolute Gasteiger partial charge is 0.327 e. The number of ether oxygens (including phenoxy) is 1. The first-order valence-electron chi connectivity index (χ1n) is 11.7. The Morgan fingerprint density at radius 3 is 2.71 bits per heavy atom. The maximum Gasteiger partial charge on any atom is 0.327 e. The van der Waals surface area contributed by atoms with Crippen LogP contribution in [-0.2, 0) is 29.2 Å². The van der Waals surface area contributed by atoms with Crippen molar-refractivity contribution < 1.29 is 9.53 Å². The van der Waals surface area contributed by atoms with Crippen molar-refractivity contribution in [2.45, 2.75) is 59.8 Å². The molecular formula is C25H30N6O3S. The Hall–Kier alpha value is -3.37. The highest BCUT2D eigenvalue weighted by atomic mass is 32.1. The number of nitrogens with zero attached hydrogens (tertiary/aromatic N) is 5. The fourth-order valence-corrected chi connectivity index (χ4v) is 4.96. The highest BCUT2D eigenvalue weighted by Crippen LogP contribution is 2.28. The standard InChI is InChI=1S/C25H30N6O3S/c1-5-22(24-27-28-29-31(24)15-23(32)34-6-2)30(14-20-8-7-9-35-20)13-19-12-18-10-16(3)17(4)11-21(18)26-25(19)33/h7-12,22H,5-6,13-15H2,1-4H3,(H,26,33)/t22-/m0/s1. The molecule has 4 rings (SSSR count). The zero-order valence-electron chi connectivity index (χ0n) is 20.4. The van der Waals surface area contributed by atoms with Crippen LogP contribution in [0.2, 0.25) is 0 Å². The summed E-state index contributed by atoms with van der Waals surface area (Å²) < 4.78 is 6.58. The predicted molar refractivity (Wildman–Crippen MR) is 135 cm³/mol. The number of carbonyl (C=O) groups is 1. The Morgan fingerprint density at radius 1 is 1.20 bits per heavy atom. The SMILES string of the molecule is CCOC(=O)Cn1nnnc1[C@H](CC)N(Cc1cccs1)Cc1cc2cc(C)c(C)cc2[nH]c1=O. The number of carbonyl (C=O) groups excluding carboxylic acids is 1. The lowest BCUT2D eigenvalue weighted by atomic mass is 10.0. The number of aromatic amines is 1. The zero-order chi connectivity index (χ0) is 24.9. The number of H-pyrrole nitrogens is 1. The van der Waals surface area contributed by atoms with Crippen LogP contribution in [-0.4, -0.2) is 42.7 Å². The third-order valence-corrected chi connectivity index (χ3v) is 6.98. The summed E-state index contributed by atoms with van der Waals surface area (Å²) in [6.45, 7) is 9.17. The Labute approximate surface area is 207 Å². The minimum atomic E-state index is -0.391. The van der Waals surface area contributed by atoms with Gasteiger partial charge in [-0.15, -0.1) is 16.4 Å². The number of aromatic nitrogens is 5. The number of thiophene rings is 1. The monoisotopic (exact) mass is 494 g/mol. The summed E-state index contributed by atoms with van der Waals surface area (Å²) in [6, 6.07) is 9.95. The lowest BCUT2D eigenvalue weighted by molar-refractivity contribution is -0.144. The molecule has 1 atom stereocenters. The molecule has 0 saturated heterocycles. The van der Waals surface area contributed by atoms with Gasteiger partial charge in [-0.1, -0.05) is 13.0 Å². The number of tetrazole rings is 1. The van der Waals surface area contributed by atoms with Crippen LogP contribution in [0.25, 0.3) is 10.9 Å². The summed E-state index contributed by atoms with van der Waals surface area (Å²) in [5.41, 5.74) is 3.70. The van der Waals surface area contributed by atoms with Gasteiger partial charge in [0.15, 0.2) is 5.82 Å². The molecule has 0 aliphatic heterocycles. The molecule has 0 spiro atoms. The summed E-state index contributed by atoms with van der Waals surface area (Å²) in [6.07, 6.45) is 0.693. The minimum Gasteiger partial charge on any atom is -0.465 e. The van der Waals surface area contributed by atoms with Crippen molar-refractivity contribution in [1.82, 2.24) is 30.1 Å². The van der Waals surface area contributed by atoms with Gasteiger partial charge in [-0.3, -0.25) is 14.5 Å². The van der Waals surface area contributed by atoms with Crippen molar-refractivity contribution in [3.63, 3.8) is 0 Å². The van der Waals surface area contributed by atoms with Gasteiger partial charge in [-0.25, -0.2) is 4.68 Å². The van der Waals surface area contributed by atoms with Gasteiger partial charge in [0.2, 0.25) is 0 Å². The number of benzene rings is 1. The molecule has 0 unspecified atom stereocenters. The van der Waals surface area contributed by atoms with E-state index < -0.39 is 5.97 Å². The molecule has 0 radical (unpaired) electrons. The number of hydrogen-bond acceptors (Lipinski definition) is 8. The van der Waals surface area contributed by atoms with Crippen molar-refractivity contribution in [1.29, 1.82) is 0 Å². The average molecular weight is 495 g/mol. The average Bonchev–Trinajstić information content (AvgIpc) is 3.49. The Balaban J connectivity index is 1.71. The molecule has 0 bridgehead atoms. The maximum absolute atomic E-state index is 13.1. The predicted octanol–water partition coefficient (Wildman–Crippen LogP) is 3.91. The van der Waals surface area contributed by atoms with E-state index in [0.717, 1.165) is 21.3 Å². The van der Waals surface area contributed by atoms with Gasteiger partial charge in [-0.05, 0) is 83.8 Å². The Morgan fingerprint density at radius 2 is 2.00 bits per heavy atom. The van der Waals surface area contributed by atoms with Crippen LogP contribution in [0.3, 0.4) is 0 Å². The van der Waals surface area contributed by atoms with Crippen molar-refractivity contribution in [3.05, 3.63) is 73.5 Å². The van der Waals surface area contributed by atoms with Crippen LogP contribution in [0.5, 0.6) is 0 Å². The van der Waals surface area contributed by atoms with E-state index in [4.69, 9.17) is 4.74 Å². The molecule has 9 nitrogen and oxygen atoms in total. The molecule has 0 aliphatic rings. The molecule has 35 heavy (non-hydrogen) atoms. The third kappa shape index (κ3) is 5.66. The largest absolute Gasteiger partial charge is 0.465 e. The second kappa shape index (κ2) is 10.9. The Bertz CT molecular complexity index is 1360. The van der Waals surface area contributed by atoms with Gasteiger partial charge in [0.25, 0.3) is 5.56 Å². The lowest BCUT2D eigenvalue weighted by Gasteiger charge is -2.29. The summed E-state index contributed by atoms with van der Waals surface area (Å²) in [7, 11) is 0. The van der Waals surface area contributed by atoms with Crippen LogP contribution in [0.15, 0.2) is 40.5 Å².